The first-order valence-electron chi connectivity index (χ1n) is 5.72. The number of nitrogens with one attached hydrogen (secondary N) is 1. The molecule has 0 radical (unpaired) electrons. The lowest BCUT2D eigenvalue weighted by Crippen LogP contribution is -2.25. The van der Waals surface area contributed by atoms with Crippen LogP contribution in [0, 0.1) is 5.92 Å². The lowest BCUT2D eigenvalue weighted by Gasteiger charge is -2.13. The van der Waals surface area contributed by atoms with Crippen LogP contribution in [0.5, 0.6) is 0 Å². The Hall–Kier alpha value is -0.340. The molecule has 1 nitrogen and oxygen atoms in total. The van der Waals surface area contributed by atoms with E-state index in [1.807, 2.05) is 0 Å². The van der Waals surface area contributed by atoms with E-state index in [2.05, 4.69) is 52.4 Å². The Balaban J connectivity index is 1.86. The monoisotopic (exact) mass is 267 g/mol. The second kappa shape index (κ2) is 5.13. The second-order valence-electron chi connectivity index (χ2n) is 4.59. The highest BCUT2D eigenvalue weighted by Crippen LogP contribution is 2.25. The van der Waals surface area contributed by atoms with E-state index >= 15 is 0 Å². The molecule has 0 bridgehead atoms. The van der Waals surface area contributed by atoms with Crippen LogP contribution in [0.4, 0.5) is 0 Å². The molecule has 0 unspecified atom stereocenters. The van der Waals surface area contributed by atoms with Gasteiger partial charge in [-0.2, -0.15) is 0 Å². The molecule has 2 atom stereocenters. The maximum atomic E-state index is 3.64. The van der Waals surface area contributed by atoms with Crippen molar-refractivity contribution >= 4 is 15.9 Å². The summed E-state index contributed by atoms with van der Waals surface area (Å²) in [5.41, 5.74) is 1.36. The molecule has 1 aromatic rings. The molecule has 1 saturated carbocycles. The third kappa shape index (κ3) is 3.05. The number of hydrogen-bond donors (Lipinski definition) is 1. The zero-order chi connectivity index (χ0) is 10.7. The number of hydrogen-bond acceptors (Lipinski definition) is 1. The quantitative estimate of drug-likeness (QED) is 0.880. The molecule has 0 amide bonds. The summed E-state index contributed by atoms with van der Waals surface area (Å²) in [6.45, 7) is 3.33. The van der Waals surface area contributed by atoms with Gasteiger partial charge >= 0.3 is 0 Å². The average Bonchev–Trinajstić information content (AvgIpc) is 2.63. The fraction of sp³-hybridized carbons (Fsp3) is 0.538. The zero-order valence-corrected chi connectivity index (χ0v) is 10.8. The molecule has 0 saturated heterocycles. The van der Waals surface area contributed by atoms with Gasteiger partial charge in [-0.1, -0.05) is 41.1 Å². The van der Waals surface area contributed by atoms with Crippen LogP contribution in [0.15, 0.2) is 28.7 Å². The maximum Gasteiger partial charge on any atom is 0.0220 e. The molecule has 2 heteroatoms. The van der Waals surface area contributed by atoms with Crippen LogP contribution in [0.3, 0.4) is 0 Å². The van der Waals surface area contributed by atoms with Crippen molar-refractivity contribution in [2.24, 2.45) is 5.92 Å². The van der Waals surface area contributed by atoms with Crippen LogP contribution < -0.4 is 5.32 Å². The summed E-state index contributed by atoms with van der Waals surface area (Å²) < 4.78 is 1.21. The van der Waals surface area contributed by atoms with E-state index in [1.165, 1.54) is 29.3 Å². The molecule has 2 rings (SSSR count). The van der Waals surface area contributed by atoms with Gasteiger partial charge in [-0.15, -0.1) is 0 Å². The minimum absolute atomic E-state index is 0.729. The van der Waals surface area contributed by atoms with Gasteiger partial charge in [0.25, 0.3) is 0 Å². The first-order chi connectivity index (χ1) is 7.25. The van der Waals surface area contributed by atoms with E-state index in [-0.39, 0.29) is 0 Å². The number of rotatable bonds is 3. The molecule has 0 heterocycles. The van der Waals surface area contributed by atoms with Crippen LogP contribution in [0.25, 0.3) is 0 Å². The smallest absolute Gasteiger partial charge is 0.0220 e. The number of benzene rings is 1. The Bertz CT molecular complexity index is 324. The first-order valence-corrected chi connectivity index (χ1v) is 6.52. The molecule has 1 aliphatic carbocycles. The zero-order valence-electron chi connectivity index (χ0n) is 9.17. The summed E-state index contributed by atoms with van der Waals surface area (Å²) in [6.07, 6.45) is 4.06. The van der Waals surface area contributed by atoms with Gasteiger partial charge in [0.2, 0.25) is 0 Å². The molecular formula is C13H18BrN. The molecule has 1 aromatic carbocycles. The van der Waals surface area contributed by atoms with Crippen LogP contribution in [-0.2, 0) is 6.54 Å². The van der Waals surface area contributed by atoms with Crippen LogP contribution in [-0.4, -0.2) is 6.04 Å². The summed E-state index contributed by atoms with van der Waals surface area (Å²) in [6, 6.07) is 9.17. The summed E-state index contributed by atoms with van der Waals surface area (Å²) >= 11 is 3.58. The van der Waals surface area contributed by atoms with E-state index in [9.17, 15) is 0 Å². The lowest BCUT2D eigenvalue weighted by molar-refractivity contribution is 0.502. The second-order valence-corrected chi connectivity index (χ2v) is 5.44. The van der Waals surface area contributed by atoms with Crippen molar-refractivity contribution in [1.29, 1.82) is 0 Å². The molecule has 1 N–H and O–H groups in total. The van der Waals surface area contributed by atoms with Crippen molar-refractivity contribution < 1.29 is 0 Å². The highest BCUT2D eigenvalue weighted by molar-refractivity contribution is 9.10. The van der Waals surface area contributed by atoms with E-state index in [0.717, 1.165) is 18.5 Å². The third-order valence-corrected chi connectivity index (χ3v) is 4.01. The SMILES string of the molecule is C[C@@H]1CC[C@@H](NCc2ccccc2Br)C1. The molecule has 1 aliphatic rings. The Labute approximate surface area is 100 Å². The molecular weight excluding hydrogens is 250 g/mol. The van der Waals surface area contributed by atoms with E-state index in [1.54, 1.807) is 0 Å². The Morgan fingerprint density at radius 2 is 2.13 bits per heavy atom. The van der Waals surface area contributed by atoms with Gasteiger partial charge in [0.15, 0.2) is 0 Å². The Morgan fingerprint density at radius 3 is 2.80 bits per heavy atom. The van der Waals surface area contributed by atoms with E-state index in [0.29, 0.717) is 0 Å². The van der Waals surface area contributed by atoms with Crippen LogP contribution in [0.1, 0.15) is 31.7 Å². The average molecular weight is 268 g/mol. The first kappa shape index (κ1) is 11.2. The fourth-order valence-corrected chi connectivity index (χ4v) is 2.71. The Kier molecular flexibility index (Phi) is 3.81. The van der Waals surface area contributed by atoms with Crippen LogP contribution in [0.2, 0.25) is 0 Å². The maximum absolute atomic E-state index is 3.64. The summed E-state index contributed by atoms with van der Waals surface area (Å²) in [4.78, 5) is 0. The molecule has 82 valence electrons. The molecule has 15 heavy (non-hydrogen) atoms. The minimum Gasteiger partial charge on any atom is -0.310 e. The highest BCUT2D eigenvalue weighted by Gasteiger charge is 2.20. The number of halogens is 1. The van der Waals surface area contributed by atoms with Crippen molar-refractivity contribution in [2.75, 3.05) is 0 Å². The molecule has 1 fully saturated rings. The van der Waals surface area contributed by atoms with Gasteiger partial charge in [-0.3, -0.25) is 0 Å². The van der Waals surface area contributed by atoms with E-state index in [4.69, 9.17) is 0 Å². The summed E-state index contributed by atoms with van der Waals surface area (Å²) in [5.74, 6) is 0.904. The fourth-order valence-electron chi connectivity index (χ4n) is 2.29. The largest absolute Gasteiger partial charge is 0.310 e. The van der Waals surface area contributed by atoms with Crippen LogP contribution >= 0.6 is 15.9 Å². The summed E-state index contributed by atoms with van der Waals surface area (Å²) in [7, 11) is 0. The molecule has 0 aromatic heterocycles. The van der Waals surface area contributed by atoms with Gasteiger partial charge in [0, 0.05) is 17.1 Å². The van der Waals surface area contributed by atoms with Gasteiger partial charge in [0.05, 0.1) is 0 Å². The van der Waals surface area contributed by atoms with Gasteiger partial charge in [0.1, 0.15) is 0 Å². The highest BCUT2D eigenvalue weighted by atomic mass is 79.9. The topological polar surface area (TPSA) is 12.0 Å². The predicted molar refractivity (Wildman–Crippen MR) is 67.8 cm³/mol. The van der Waals surface area contributed by atoms with Crippen molar-refractivity contribution in [3.05, 3.63) is 34.3 Å². The van der Waals surface area contributed by atoms with E-state index < -0.39 is 0 Å². The molecule has 0 spiro atoms. The van der Waals surface area contributed by atoms with Crippen molar-refractivity contribution in [2.45, 2.75) is 38.8 Å². The Morgan fingerprint density at radius 1 is 1.33 bits per heavy atom. The normalized spacial score (nSPS) is 25.7. The molecule has 0 aliphatic heterocycles. The van der Waals surface area contributed by atoms with Crippen molar-refractivity contribution in [1.82, 2.24) is 5.32 Å². The lowest BCUT2D eigenvalue weighted by atomic mass is 10.1. The van der Waals surface area contributed by atoms with Gasteiger partial charge < -0.3 is 5.32 Å². The van der Waals surface area contributed by atoms with Crippen molar-refractivity contribution in [3.8, 4) is 0 Å². The minimum atomic E-state index is 0.729. The third-order valence-electron chi connectivity index (χ3n) is 3.23. The van der Waals surface area contributed by atoms with Gasteiger partial charge in [-0.05, 0) is 36.8 Å². The predicted octanol–water partition coefficient (Wildman–Crippen LogP) is 3.73. The standard InChI is InChI=1S/C13H18BrN/c1-10-6-7-12(8-10)15-9-11-4-2-3-5-13(11)14/h2-5,10,12,15H,6-9H2,1H3/t10-,12-/m1/s1. The van der Waals surface area contributed by atoms with Gasteiger partial charge in [-0.25, -0.2) is 0 Å². The van der Waals surface area contributed by atoms with Crippen molar-refractivity contribution in [3.63, 3.8) is 0 Å². The summed E-state index contributed by atoms with van der Waals surface area (Å²) in [5, 5.41) is 3.64.